The average Bonchev–Trinajstić information content (AvgIpc) is 2.88. The molecule has 0 fully saturated rings. The van der Waals surface area contributed by atoms with Crippen LogP contribution in [0.3, 0.4) is 0 Å². The summed E-state index contributed by atoms with van der Waals surface area (Å²) in [5, 5.41) is 10.5. The Morgan fingerprint density at radius 1 is 1.19 bits per heavy atom. The Hall–Kier alpha value is -1.81. The van der Waals surface area contributed by atoms with Crippen molar-refractivity contribution < 1.29 is 4.79 Å². The van der Waals surface area contributed by atoms with Crippen molar-refractivity contribution in [3.63, 3.8) is 0 Å². The highest BCUT2D eigenvalue weighted by atomic mass is 32.1. The second kappa shape index (κ2) is 7.27. The van der Waals surface area contributed by atoms with Crippen LogP contribution in [-0.2, 0) is 6.54 Å². The molecule has 0 spiro atoms. The Morgan fingerprint density at radius 3 is 2.62 bits per heavy atom. The summed E-state index contributed by atoms with van der Waals surface area (Å²) in [4.78, 5) is 12.3. The van der Waals surface area contributed by atoms with Gasteiger partial charge in [0.1, 0.15) is 0 Å². The maximum Gasteiger partial charge on any atom is 0.251 e. The average molecular weight is 302 g/mol. The Bertz CT molecular complexity index is 619. The van der Waals surface area contributed by atoms with Crippen LogP contribution in [0.5, 0.6) is 0 Å². The van der Waals surface area contributed by atoms with Crippen LogP contribution < -0.4 is 10.6 Å². The highest BCUT2D eigenvalue weighted by Crippen LogP contribution is 2.16. The lowest BCUT2D eigenvalue weighted by molar-refractivity contribution is 0.0950. The summed E-state index contributed by atoms with van der Waals surface area (Å²) >= 11 is 1.67. The van der Waals surface area contributed by atoms with E-state index in [0.717, 1.165) is 29.8 Å². The van der Waals surface area contributed by atoms with Gasteiger partial charge in [0.2, 0.25) is 0 Å². The quantitative estimate of drug-likeness (QED) is 0.843. The summed E-state index contributed by atoms with van der Waals surface area (Å²) in [6, 6.07) is 5.89. The minimum absolute atomic E-state index is 0.0138. The Balaban J connectivity index is 2.00. The van der Waals surface area contributed by atoms with E-state index in [0.29, 0.717) is 6.54 Å². The molecule has 2 N–H and O–H groups in total. The lowest BCUT2D eigenvalue weighted by Gasteiger charge is -2.10. The molecule has 0 saturated heterocycles. The van der Waals surface area contributed by atoms with Crippen LogP contribution in [0.1, 0.15) is 40.4 Å². The van der Waals surface area contributed by atoms with Crippen molar-refractivity contribution >= 4 is 22.9 Å². The monoisotopic (exact) mass is 302 g/mol. The first-order valence-corrected chi connectivity index (χ1v) is 8.20. The van der Waals surface area contributed by atoms with Crippen molar-refractivity contribution in [3.05, 3.63) is 51.2 Å². The molecule has 2 aromatic rings. The number of aryl methyl sites for hydroxylation is 2. The molecule has 0 aliphatic heterocycles. The lowest BCUT2D eigenvalue weighted by atomic mass is 10.1. The fourth-order valence-corrected chi connectivity index (χ4v) is 2.99. The molecule has 0 radical (unpaired) electrons. The predicted octanol–water partition coefficient (Wildman–Crippen LogP) is 4.12. The van der Waals surface area contributed by atoms with Crippen LogP contribution in [-0.4, -0.2) is 12.5 Å². The van der Waals surface area contributed by atoms with Crippen LogP contribution in [0.4, 0.5) is 5.69 Å². The summed E-state index contributed by atoms with van der Waals surface area (Å²) in [7, 11) is 0. The van der Waals surface area contributed by atoms with E-state index in [-0.39, 0.29) is 5.91 Å². The first kappa shape index (κ1) is 15.6. The van der Waals surface area contributed by atoms with E-state index in [1.54, 1.807) is 11.3 Å². The molecular formula is C17H22N2OS. The van der Waals surface area contributed by atoms with Crippen molar-refractivity contribution in [2.75, 3.05) is 11.9 Å². The number of hydrogen-bond donors (Lipinski definition) is 2. The number of thiophene rings is 1. The third kappa shape index (κ3) is 4.08. The molecule has 3 nitrogen and oxygen atoms in total. The first-order chi connectivity index (χ1) is 10.1. The number of anilines is 1. The summed E-state index contributed by atoms with van der Waals surface area (Å²) in [6.07, 6.45) is 1.08. The molecule has 112 valence electrons. The van der Waals surface area contributed by atoms with Crippen molar-refractivity contribution in [2.24, 2.45) is 0 Å². The van der Waals surface area contributed by atoms with E-state index >= 15 is 0 Å². The highest BCUT2D eigenvalue weighted by Gasteiger charge is 2.10. The SMILES string of the molecule is CCCNc1ccc(C(=O)NCc2cscc2C)c(C)c1. The topological polar surface area (TPSA) is 41.1 Å². The normalized spacial score (nSPS) is 10.4. The standard InChI is InChI=1S/C17H22N2OS/c1-4-7-18-15-5-6-16(12(2)8-15)17(20)19-9-14-11-21-10-13(14)3/h5-6,8,10-11,18H,4,7,9H2,1-3H3,(H,19,20). The molecule has 0 aliphatic rings. The summed E-state index contributed by atoms with van der Waals surface area (Å²) in [6.45, 7) is 7.71. The smallest absolute Gasteiger partial charge is 0.251 e. The largest absolute Gasteiger partial charge is 0.385 e. The second-order valence-electron chi connectivity index (χ2n) is 5.22. The van der Waals surface area contributed by atoms with E-state index in [9.17, 15) is 4.79 Å². The van der Waals surface area contributed by atoms with Gasteiger partial charge >= 0.3 is 0 Å². The zero-order valence-electron chi connectivity index (χ0n) is 12.8. The van der Waals surface area contributed by atoms with E-state index in [1.165, 1.54) is 11.1 Å². The third-order valence-electron chi connectivity index (χ3n) is 3.45. The van der Waals surface area contributed by atoms with Crippen LogP contribution in [0.25, 0.3) is 0 Å². The second-order valence-corrected chi connectivity index (χ2v) is 5.96. The maximum atomic E-state index is 12.3. The number of amides is 1. The zero-order chi connectivity index (χ0) is 15.2. The van der Waals surface area contributed by atoms with Gasteiger partial charge < -0.3 is 10.6 Å². The van der Waals surface area contributed by atoms with Gasteiger partial charge in [0.25, 0.3) is 5.91 Å². The van der Waals surface area contributed by atoms with Gasteiger partial charge in [-0.1, -0.05) is 6.92 Å². The van der Waals surface area contributed by atoms with E-state index in [1.807, 2.05) is 25.1 Å². The maximum absolute atomic E-state index is 12.3. The minimum Gasteiger partial charge on any atom is -0.385 e. The van der Waals surface area contributed by atoms with Gasteiger partial charge in [0.15, 0.2) is 0 Å². The Labute approximate surface area is 130 Å². The fourth-order valence-electron chi connectivity index (χ4n) is 2.14. The predicted molar refractivity (Wildman–Crippen MR) is 90.2 cm³/mol. The zero-order valence-corrected chi connectivity index (χ0v) is 13.6. The molecule has 0 saturated carbocycles. The molecule has 1 amide bonds. The van der Waals surface area contributed by atoms with Gasteiger partial charge in [-0.15, -0.1) is 0 Å². The van der Waals surface area contributed by atoms with Crippen molar-refractivity contribution in [1.82, 2.24) is 5.32 Å². The molecule has 21 heavy (non-hydrogen) atoms. The Morgan fingerprint density at radius 2 is 2.00 bits per heavy atom. The van der Waals surface area contributed by atoms with Crippen molar-refractivity contribution in [1.29, 1.82) is 0 Å². The van der Waals surface area contributed by atoms with Crippen molar-refractivity contribution in [2.45, 2.75) is 33.7 Å². The molecule has 1 aromatic heterocycles. The Kier molecular flexibility index (Phi) is 5.39. The van der Waals surface area contributed by atoms with Gasteiger partial charge in [-0.3, -0.25) is 4.79 Å². The number of hydrogen-bond acceptors (Lipinski definition) is 3. The highest BCUT2D eigenvalue weighted by molar-refractivity contribution is 7.08. The molecule has 1 heterocycles. The molecule has 0 aliphatic carbocycles. The van der Waals surface area contributed by atoms with Crippen LogP contribution in [0.15, 0.2) is 29.0 Å². The summed E-state index contributed by atoms with van der Waals surface area (Å²) in [5.41, 5.74) is 5.23. The van der Waals surface area contributed by atoms with Gasteiger partial charge in [0.05, 0.1) is 0 Å². The lowest BCUT2D eigenvalue weighted by Crippen LogP contribution is -2.23. The molecule has 2 rings (SSSR count). The molecule has 1 aromatic carbocycles. The van der Waals surface area contributed by atoms with Gasteiger partial charge in [0, 0.05) is 24.3 Å². The summed E-state index contributed by atoms with van der Waals surface area (Å²) < 4.78 is 0. The van der Waals surface area contributed by atoms with Gasteiger partial charge in [-0.05, 0) is 65.9 Å². The molecule has 0 bridgehead atoms. The minimum atomic E-state index is -0.0138. The number of rotatable bonds is 6. The molecule has 0 unspecified atom stereocenters. The van der Waals surface area contributed by atoms with Crippen LogP contribution in [0, 0.1) is 13.8 Å². The van der Waals surface area contributed by atoms with Crippen LogP contribution in [0.2, 0.25) is 0 Å². The van der Waals surface area contributed by atoms with Crippen molar-refractivity contribution in [3.8, 4) is 0 Å². The molecular weight excluding hydrogens is 280 g/mol. The molecule has 4 heteroatoms. The van der Waals surface area contributed by atoms with E-state index in [2.05, 4.69) is 35.2 Å². The number of nitrogens with one attached hydrogen (secondary N) is 2. The molecule has 0 atom stereocenters. The van der Waals surface area contributed by atoms with Gasteiger partial charge in [-0.25, -0.2) is 0 Å². The number of carbonyl (C=O) groups is 1. The van der Waals surface area contributed by atoms with E-state index in [4.69, 9.17) is 0 Å². The van der Waals surface area contributed by atoms with E-state index < -0.39 is 0 Å². The number of carbonyl (C=O) groups excluding carboxylic acids is 1. The fraction of sp³-hybridized carbons (Fsp3) is 0.353. The third-order valence-corrected chi connectivity index (χ3v) is 4.36. The first-order valence-electron chi connectivity index (χ1n) is 7.26. The summed E-state index contributed by atoms with van der Waals surface area (Å²) in [5.74, 6) is -0.0138. The van der Waals surface area contributed by atoms with Gasteiger partial charge in [-0.2, -0.15) is 11.3 Å². The number of benzene rings is 1. The van der Waals surface area contributed by atoms with Crippen LogP contribution >= 0.6 is 11.3 Å².